The highest BCUT2D eigenvalue weighted by atomic mass is 16.5. The predicted octanol–water partition coefficient (Wildman–Crippen LogP) is 4.28. The molecule has 0 amide bonds. The maximum absolute atomic E-state index is 12.0. The highest BCUT2D eigenvalue weighted by Gasteiger charge is 2.41. The van der Waals surface area contributed by atoms with Crippen molar-refractivity contribution < 1.29 is 9.63 Å². The third kappa shape index (κ3) is 4.07. The SMILES string of the molecule is OC(c1ccccc1)(c1ccccc1)C1CCN(Cc2nc(-c3ccccn3)no2)CC1. The van der Waals surface area contributed by atoms with Crippen LogP contribution in [0, 0.1) is 5.92 Å². The minimum Gasteiger partial charge on any atom is -0.380 e. The number of rotatable bonds is 6. The smallest absolute Gasteiger partial charge is 0.241 e. The lowest BCUT2D eigenvalue weighted by Gasteiger charge is -2.42. The van der Waals surface area contributed by atoms with E-state index >= 15 is 0 Å². The van der Waals surface area contributed by atoms with Gasteiger partial charge in [0.2, 0.25) is 11.7 Å². The summed E-state index contributed by atoms with van der Waals surface area (Å²) in [6.07, 6.45) is 3.47. The van der Waals surface area contributed by atoms with E-state index in [0.29, 0.717) is 24.0 Å². The Morgan fingerprint density at radius 2 is 1.50 bits per heavy atom. The van der Waals surface area contributed by atoms with Gasteiger partial charge in [-0.2, -0.15) is 4.98 Å². The summed E-state index contributed by atoms with van der Waals surface area (Å²) < 4.78 is 5.46. The second-order valence-electron chi connectivity index (χ2n) is 8.28. The third-order valence-corrected chi connectivity index (χ3v) is 6.33. The Hall–Kier alpha value is -3.35. The Morgan fingerprint density at radius 3 is 2.09 bits per heavy atom. The van der Waals surface area contributed by atoms with E-state index in [9.17, 15) is 5.11 Å². The van der Waals surface area contributed by atoms with Gasteiger partial charge in [-0.1, -0.05) is 71.9 Å². The monoisotopic (exact) mass is 426 g/mol. The lowest BCUT2D eigenvalue weighted by molar-refractivity contribution is -0.0163. The number of benzene rings is 2. The van der Waals surface area contributed by atoms with Crippen LogP contribution in [-0.4, -0.2) is 38.2 Å². The first kappa shape index (κ1) is 20.5. The van der Waals surface area contributed by atoms with Crippen LogP contribution in [0.25, 0.3) is 11.5 Å². The molecule has 1 aliphatic rings. The molecule has 0 aliphatic carbocycles. The lowest BCUT2D eigenvalue weighted by Crippen LogP contribution is -2.44. The predicted molar refractivity (Wildman–Crippen MR) is 121 cm³/mol. The van der Waals surface area contributed by atoms with Crippen LogP contribution in [0.15, 0.2) is 89.6 Å². The number of likely N-dealkylation sites (tertiary alicyclic amines) is 1. The molecule has 1 saturated heterocycles. The van der Waals surface area contributed by atoms with Gasteiger partial charge in [0.1, 0.15) is 11.3 Å². The normalized spacial score (nSPS) is 15.7. The maximum atomic E-state index is 12.0. The van der Waals surface area contributed by atoms with E-state index in [1.165, 1.54) is 0 Å². The molecule has 0 unspecified atom stereocenters. The highest BCUT2D eigenvalue weighted by Crippen LogP contribution is 2.42. The van der Waals surface area contributed by atoms with E-state index in [0.717, 1.165) is 37.1 Å². The molecule has 0 radical (unpaired) electrons. The van der Waals surface area contributed by atoms with E-state index < -0.39 is 5.60 Å². The molecule has 0 bridgehead atoms. The van der Waals surface area contributed by atoms with Gasteiger partial charge in [-0.25, -0.2) is 0 Å². The minimum absolute atomic E-state index is 0.121. The van der Waals surface area contributed by atoms with Gasteiger partial charge in [0.15, 0.2) is 0 Å². The van der Waals surface area contributed by atoms with Crippen LogP contribution in [0.4, 0.5) is 0 Å². The molecule has 0 spiro atoms. The van der Waals surface area contributed by atoms with Crippen molar-refractivity contribution in [3.05, 3.63) is 102 Å². The van der Waals surface area contributed by atoms with E-state index in [2.05, 4.69) is 20.0 Å². The fraction of sp³-hybridized carbons (Fsp3) is 0.269. The molecule has 3 heterocycles. The molecular weight excluding hydrogens is 400 g/mol. The average Bonchev–Trinajstić information content (AvgIpc) is 3.34. The number of aliphatic hydroxyl groups is 1. The molecule has 5 rings (SSSR count). The zero-order chi connectivity index (χ0) is 21.8. The first-order valence-electron chi connectivity index (χ1n) is 11.0. The summed E-state index contributed by atoms with van der Waals surface area (Å²) in [6, 6.07) is 25.7. The molecule has 1 N–H and O–H groups in total. The fourth-order valence-corrected chi connectivity index (χ4v) is 4.64. The van der Waals surface area contributed by atoms with Crippen LogP contribution < -0.4 is 0 Å². The van der Waals surface area contributed by atoms with Gasteiger partial charge in [-0.05, 0) is 55.1 Å². The summed E-state index contributed by atoms with van der Waals surface area (Å²) in [5.41, 5.74) is 1.59. The van der Waals surface area contributed by atoms with Crippen molar-refractivity contribution >= 4 is 0 Å². The molecule has 32 heavy (non-hydrogen) atoms. The Morgan fingerprint density at radius 1 is 0.875 bits per heavy atom. The Kier molecular flexibility index (Phi) is 5.79. The number of nitrogens with zero attached hydrogens (tertiary/aromatic N) is 4. The molecule has 0 saturated carbocycles. The average molecular weight is 427 g/mol. The van der Waals surface area contributed by atoms with Crippen LogP contribution in [0.5, 0.6) is 0 Å². The van der Waals surface area contributed by atoms with Crippen molar-refractivity contribution in [2.45, 2.75) is 25.0 Å². The molecule has 1 fully saturated rings. The van der Waals surface area contributed by atoms with Crippen LogP contribution >= 0.6 is 0 Å². The third-order valence-electron chi connectivity index (χ3n) is 6.33. The van der Waals surface area contributed by atoms with Crippen molar-refractivity contribution in [3.8, 4) is 11.5 Å². The van der Waals surface area contributed by atoms with Crippen molar-refractivity contribution in [3.63, 3.8) is 0 Å². The van der Waals surface area contributed by atoms with Crippen LogP contribution in [0.3, 0.4) is 0 Å². The molecule has 2 aromatic heterocycles. The summed E-state index contributed by atoms with van der Waals surface area (Å²) in [5, 5.41) is 16.1. The topological polar surface area (TPSA) is 75.3 Å². The molecule has 1 aliphatic heterocycles. The van der Waals surface area contributed by atoms with Crippen molar-refractivity contribution in [2.75, 3.05) is 13.1 Å². The zero-order valence-corrected chi connectivity index (χ0v) is 17.8. The van der Waals surface area contributed by atoms with Crippen LogP contribution in [0.2, 0.25) is 0 Å². The van der Waals surface area contributed by atoms with Gasteiger partial charge in [-0.15, -0.1) is 0 Å². The number of pyridine rings is 1. The number of hydrogen-bond donors (Lipinski definition) is 1. The summed E-state index contributed by atoms with van der Waals surface area (Å²) in [4.78, 5) is 11.1. The molecule has 162 valence electrons. The zero-order valence-electron chi connectivity index (χ0n) is 17.8. The lowest BCUT2D eigenvalue weighted by atomic mass is 9.72. The second-order valence-corrected chi connectivity index (χ2v) is 8.28. The van der Waals surface area contributed by atoms with Gasteiger partial charge in [0.25, 0.3) is 0 Å². The van der Waals surface area contributed by atoms with Gasteiger partial charge >= 0.3 is 0 Å². The highest BCUT2D eigenvalue weighted by molar-refractivity contribution is 5.47. The first-order chi connectivity index (χ1) is 15.7. The van der Waals surface area contributed by atoms with Crippen LogP contribution in [-0.2, 0) is 12.1 Å². The summed E-state index contributed by atoms with van der Waals surface area (Å²) in [5.74, 6) is 1.22. The van der Waals surface area contributed by atoms with E-state index in [1.54, 1.807) is 6.20 Å². The van der Waals surface area contributed by atoms with E-state index in [1.807, 2.05) is 78.9 Å². The van der Waals surface area contributed by atoms with Crippen molar-refractivity contribution in [1.82, 2.24) is 20.0 Å². The summed E-state index contributed by atoms with van der Waals surface area (Å²) in [6.45, 7) is 2.31. The minimum atomic E-state index is -1.01. The van der Waals surface area contributed by atoms with E-state index in [4.69, 9.17) is 4.52 Å². The Bertz CT molecular complexity index is 1080. The molecule has 4 aromatic rings. The van der Waals surface area contributed by atoms with E-state index in [-0.39, 0.29) is 5.92 Å². The Labute approximate surface area is 187 Å². The van der Waals surface area contributed by atoms with Crippen molar-refractivity contribution in [2.24, 2.45) is 5.92 Å². The number of aromatic nitrogens is 3. The summed E-state index contributed by atoms with van der Waals surface area (Å²) in [7, 11) is 0. The molecule has 2 aromatic carbocycles. The van der Waals surface area contributed by atoms with Crippen LogP contribution in [0.1, 0.15) is 29.9 Å². The van der Waals surface area contributed by atoms with Crippen molar-refractivity contribution in [1.29, 1.82) is 0 Å². The Balaban J connectivity index is 1.29. The first-order valence-corrected chi connectivity index (χ1v) is 11.0. The molecule has 6 heteroatoms. The standard InChI is InChI=1S/C26H26N4O2/c31-26(20-9-3-1-4-10-20,21-11-5-2-6-12-21)22-14-17-30(18-15-22)19-24-28-25(29-32-24)23-13-7-8-16-27-23/h1-13,16,22,31H,14-15,17-19H2. The summed E-state index contributed by atoms with van der Waals surface area (Å²) >= 11 is 0. The number of hydrogen-bond acceptors (Lipinski definition) is 6. The van der Waals surface area contributed by atoms with Gasteiger partial charge < -0.3 is 9.63 Å². The quantitative estimate of drug-likeness (QED) is 0.496. The molecule has 0 atom stereocenters. The van der Waals surface area contributed by atoms with Gasteiger partial charge in [0, 0.05) is 6.20 Å². The molecular formula is C26H26N4O2. The maximum Gasteiger partial charge on any atom is 0.241 e. The second kappa shape index (κ2) is 9.02. The largest absolute Gasteiger partial charge is 0.380 e. The van der Waals surface area contributed by atoms with Gasteiger partial charge in [0.05, 0.1) is 6.54 Å². The number of piperidine rings is 1. The fourth-order valence-electron chi connectivity index (χ4n) is 4.64. The molecule has 6 nitrogen and oxygen atoms in total. The van der Waals surface area contributed by atoms with Gasteiger partial charge in [-0.3, -0.25) is 9.88 Å².